The molecule has 0 aliphatic rings. The normalized spacial score (nSPS) is 11.0. The van der Waals surface area contributed by atoms with Gasteiger partial charge in [-0.1, -0.05) is 11.8 Å². The van der Waals surface area contributed by atoms with Crippen LogP contribution in [0.25, 0.3) is 0 Å². The van der Waals surface area contributed by atoms with Gasteiger partial charge in [0.25, 0.3) is 0 Å². The van der Waals surface area contributed by atoms with Crippen LogP contribution >= 0.6 is 11.8 Å². The van der Waals surface area contributed by atoms with E-state index < -0.39 is 5.97 Å². The number of thioether (sulfide) groups is 1. The fourth-order valence-corrected chi connectivity index (χ4v) is 2.77. The van der Waals surface area contributed by atoms with Crippen LogP contribution in [-0.4, -0.2) is 37.5 Å². The lowest BCUT2D eigenvalue weighted by atomic mass is 10.2. The molecule has 124 valence electrons. The quantitative estimate of drug-likeness (QED) is 0.741. The smallest absolute Gasteiger partial charge is 0.339 e. The van der Waals surface area contributed by atoms with Gasteiger partial charge in [-0.05, 0) is 26.8 Å². The molecular weight excluding hydrogens is 320 g/mol. The maximum atomic E-state index is 11.9. The fourth-order valence-electron chi connectivity index (χ4n) is 1.90. The van der Waals surface area contributed by atoms with Gasteiger partial charge in [-0.25, -0.2) is 4.79 Å². The van der Waals surface area contributed by atoms with Crippen molar-refractivity contribution < 1.29 is 19.1 Å². The molecule has 0 fully saturated rings. The van der Waals surface area contributed by atoms with E-state index in [0.717, 1.165) is 0 Å². The molecule has 0 bridgehead atoms. The number of aryl methyl sites for hydroxylation is 1. The molecule has 0 atom stereocenters. The summed E-state index contributed by atoms with van der Waals surface area (Å²) in [5.41, 5.74) is 0.105. The highest BCUT2D eigenvalue weighted by Crippen LogP contribution is 2.18. The van der Waals surface area contributed by atoms with Gasteiger partial charge in [-0.15, -0.1) is 10.2 Å². The van der Waals surface area contributed by atoms with E-state index in [4.69, 9.17) is 9.52 Å². The number of carboxylic acid groups (broad SMARTS) is 1. The number of hydrogen-bond acceptors (Lipinski definition) is 6. The van der Waals surface area contributed by atoms with Crippen LogP contribution < -0.4 is 5.32 Å². The van der Waals surface area contributed by atoms with Gasteiger partial charge in [-0.2, -0.15) is 0 Å². The lowest BCUT2D eigenvalue weighted by Gasteiger charge is -2.09. The minimum Gasteiger partial charge on any atom is -0.478 e. The molecule has 8 nitrogen and oxygen atoms in total. The predicted molar refractivity (Wildman–Crippen MR) is 83.4 cm³/mol. The molecule has 0 saturated heterocycles. The SMILES string of the molecule is Cc1oc(CNC(=O)CSc2nncn2C(C)C)cc1C(=O)O. The first-order valence-electron chi connectivity index (χ1n) is 7.00. The molecule has 0 aromatic carbocycles. The maximum Gasteiger partial charge on any atom is 0.339 e. The van der Waals surface area contributed by atoms with E-state index in [0.29, 0.717) is 16.7 Å². The average molecular weight is 338 g/mol. The number of nitrogens with one attached hydrogen (secondary N) is 1. The third kappa shape index (κ3) is 4.35. The summed E-state index contributed by atoms with van der Waals surface area (Å²) in [6.07, 6.45) is 1.63. The Hall–Kier alpha value is -2.29. The van der Waals surface area contributed by atoms with E-state index in [9.17, 15) is 9.59 Å². The van der Waals surface area contributed by atoms with Crippen LogP contribution in [0.5, 0.6) is 0 Å². The van der Waals surface area contributed by atoms with Crippen molar-refractivity contribution in [3.05, 3.63) is 29.5 Å². The van der Waals surface area contributed by atoms with Crippen molar-refractivity contribution >= 4 is 23.6 Å². The van der Waals surface area contributed by atoms with Crippen molar-refractivity contribution in [2.24, 2.45) is 0 Å². The largest absolute Gasteiger partial charge is 0.478 e. The summed E-state index contributed by atoms with van der Waals surface area (Å²) in [6, 6.07) is 1.64. The van der Waals surface area contributed by atoms with E-state index >= 15 is 0 Å². The molecule has 2 aromatic rings. The molecular formula is C14H18N4O4S. The molecule has 0 spiro atoms. The second kappa shape index (κ2) is 7.32. The average Bonchev–Trinajstić information content (AvgIpc) is 3.09. The number of carbonyl (C=O) groups is 2. The van der Waals surface area contributed by atoms with Gasteiger partial charge in [0, 0.05) is 6.04 Å². The molecule has 0 radical (unpaired) electrons. The van der Waals surface area contributed by atoms with E-state index in [2.05, 4.69) is 15.5 Å². The second-order valence-electron chi connectivity index (χ2n) is 5.17. The van der Waals surface area contributed by atoms with Gasteiger partial charge in [0.15, 0.2) is 5.16 Å². The molecule has 0 unspecified atom stereocenters. The summed E-state index contributed by atoms with van der Waals surface area (Å²) in [5, 5.41) is 20.1. The zero-order valence-electron chi connectivity index (χ0n) is 13.1. The van der Waals surface area contributed by atoms with Crippen LogP contribution in [-0.2, 0) is 11.3 Å². The summed E-state index contributed by atoms with van der Waals surface area (Å²) in [4.78, 5) is 22.8. The summed E-state index contributed by atoms with van der Waals surface area (Å²) in [5.74, 6) is -0.326. The Morgan fingerprint density at radius 3 is 2.83 bits per heavy atom. The summed E-state index contributed by atoms with van der Waals surface area (Å²) in [6.45, 7) is 5.73. The highest BCUT2D eigenvalue weighted by molar-refractivity contribution is 7.99. The summed E-state index contributed by atoms with van der Waals surface area (Å²) in [7, 11) is 0. The Bertz CT molecular complexity index is 707. The standard InChI is InChI=1S/C14H18N4O4S/c1-8(2)18-7-16-17-14(18)23-6-12(19)15-5-10-4-11(13(20)21)9(3)22-10/h4,7-8H,5-6H2,1-3H3,(H,15,19)(H,20,21). The third-order valence-electron chi connectivity index (χ3n) is 3.09. The number of hydrogen-bond donors (Lipinski definition) is 2. The molecule has 0 aliphatic heterocycles. The molecule has 2 aromatic heterocycles. The van der Waals surface area contributed by atoms with Crippen molar-refractivity contribution in [3.8, 4) is 0 Å². The maximum absolute atomic E-state index is 11.9. The number of aromatic carboxylic acids is 1. The number of amides is 1. The third-order valence-corrected chi connectivity index (χ3v) is 4.05. The Morgan fingerprint density at radius 1 is 1.48 bits per heavy atom. The first kappa shape index (κ1) is 17.1. The first-order valence-corrected chi connectivity index (χ1v) is 7.98. The molecule has 1 amide bonds. The van der Waals surface area contributed by atoms with Crippen LogP contribution in [0, 0.1) is 6.92 Å². The Labute approximate surface area is 137 Å². The van der Waals surface area contributed by atoms with E-state index in [1.807, 2.05) is 18.4 Å². The van der Waals surface area contributed by atoms with Crippen molar-refractivity contribution in [2.45, 2.75) is 38.5 Å². The van der Waals surface area contributed by atoms with Gasteiger partial charge in [0.2, 0.25) is 5.91 Å². The molecule has 0 saturated carbocycles. The molecule has 2 heterocycles. The number of carbonyl (C=O) groups excluding carboxylic acids is 1. The molecule has 2 rings (SSSR count). The lowest BCUT2D eigenvalue weighted by Crippen LogP contribution is -2.24. The van der Waals surface area contributed by atoms with Crippen LogP contribution in [0.15, 0.2) is 22.0 Å². The zero-order chi connectivity index (χ0) is 17.0. The van der Waals surface area contributed by atoms with Gasteiger partial charge in [0.05, 0.1) is 12.3 Å². The van der Waals surface area contributed by atoms with Crippen LogP contribution in [0.1, 0.15) is 41.8 Å². The molecule has 0 aliphatic carbocycles. The highest BCUT2D eigenvalue weighted by atomic mass is 32.2. The molecule has 2 N–H and O–H groups in total. The number of carboxylic acids is 1. The number of furan rings is 1. The minimum atomic E-state index is -1.05. The molecule has 9 heteroatoms. The summed E-state index contributed by atoms with van der Waals surface area (Å²) >= 11 is 1.29. The predicted octanol–water partition coefficient (Wildman–Crippen LogP) is 1.87. The highest BCUT2D eigenvalue weighted by Gasteiger charge is 2.15. The lowest BCUT2D eigenvalue weighted by molar-refractivity contribution is -0.118. The Morgan fingerprint density at radius 2 is 2.22 bits per heavy atom. The monoisotopic (exact) mass is 338 g/mol. The molecule has 23 heavy (non-hydrogen) atoms. The van der Waals surface area contributed by atoms with E-state index in [1.54, 1.807) is 13.3 Å². The number of rotatable bonds is 7. The summed E-state index contributed by atoms with van der Waals surface area (Å²) < 4.78 is 7.18. The zero-order valence-corrected chi connectivity index (χ0v) is 13.9. The number of nitrogens with zero attached hydrogens (tertiary/aromatic N) is 3. The van der Waals surface area contributed by atoms with Gasteiger partial charge in [0.1, 0.15) is 23.4 Å². The van der Waals surface area contributed by atoms with E-state index in [1.165, 1.54) is 17.8 Å². The Balaban J connectivity index is 1.85. The van der Waals surface area contributed by atoms with Gasteiger partial charge >= 0.3 is 5.97 Å². The van der Waals surface area contributed by atoms with Gasteiger partial charge < -0.3 is 19.4 Å². The van der Waals surface area contributed by atoms with Gasteiger partial charge in [-0.3, -0.25) is 4.79 Å². The first-order chi connectivity index (χ1) is 10.9. The fraction of sp³-hybridized carbons (Fsp3) is 0.429. The number of aromatic nitrogens is 3. The van der Waals surface area contributed by atoms with Crippen LogP contribution in [0.3, 0.4) is 0 Å². The van der Waals surface area contributed by atoms with E-state index in [-0.39, 0.29) is 29.8 Å². The Kier molecular flexibility index (Phi) is 5.43. The topological polar surface area (TPSA) is 110 Å². The second-order valence-corrected chi connectivity index (χ2v) is 6.11. The van der Waals surface area contributed by atoms with Crippen LogP contribution in [0.4, 0.5) is 0 Å². The van der Waals surface area contributed by atoms with Crippen molar-refractivity contribution in [1.29, 1.82) is 0 Å². The van der Waals surface area contributed by atoms with Crippen LogP contribution in [0.2, 0.25) is 0 Å². The minimum absolute atomic E-state index is 0.105. The van der Waals surface area contributed by atoms with Crippen molar-refractivity contribution in [1.82, 2.24) is 20.1 Å². The van der Waals surface area contributed by atoms with Crippen molar-refractivity contribution in [2.75, 3.05) is 5.75 Å². The van der Waals surface area contributed by atoms with Crippen molar-refractivity contribution in [3.63, 3.8) is 0 Å².